The third-order valence-electron chi connectivity index (χ3n) is 2.61. The molecule has 2 rings (SSSR count). The molecule has 0 spiro atoms. The fraction of sp³-hybridized carbons (Fsp3) is 0.417. The molecule has 1 fully saturated rings. The second-order valence-electron chi connectivity index (χ2n) is 4.03. The molecule has 3 nitrogen and oxygen atoms in total. The summed E-state index contributed by atoms with van der Waals surface area (Å²) in [5.41, 5.74) is 0.608. The molecule has 0 aromatic heterocycles. The molecule has 1 atom stereocenters. The summed E-state index contributed by atoms with van der Waals surface area (Å²) in [6, 6.07) is 9.09. The Hall–Kier alpha value is -1.35. The van der Waals surface area contributed by atoms with E-state index in [0.29, 0.717) is 11.5 Å². The van der Waals surface area contributed by atoms with Crippen LogP contribution < -0.4 is 0 Å². The van der Waals surface area contributed by atoms with Crippen molar-refractivity contribution in [3.8, 4) is 0 Å². The lowest BCUT2D eigenvalue weighted by molar-refractivity contribution is -0.0948. The Labute approximate surface area is 89.6 Å². The van der Waals surface area contributed by atoms with Crippen molar-refractivity contribution in [3.05, 3.63) is 35.9 Å². The van der Waals surface area contributed by atoms with Gasteiger partial charge in [-0.05, 0) is 24.5 Å². The summed E-state index contributed by atoms with van der Waals surface area (Å²) in [5.74, 6) is 0.360. The molecule has 1 saturated heterocycles. The van der Waals surface area contributed by atoms with Crippen LogP contribution in [0.25, 0.3) is 0 Å². The van der Waals surface area contributed by atoms with Gasteiger partial charge in [0.25, 0.3) is 0 Å². The van der Waals surface area contributed by atoms with E-state index in [1.807, 2.05) is 18.2 Å². The SMILES string of the molecule is CC1CCN(OC(=O)c2ccccc2)C1. The Morgan fingerprint density at radius 1 is 1.40 bits per heavy atom. The van der Waals surface area contributed by atoms with Crippen LogP contribution in [0.15, 0.2) is 30.3 Å². The zero-order valence-corrected chi connectivity index (χ0v) is 8.85. The molecule has 1 aromatic rings. The number of benzene rings is 1. The zero-order chi connectivity index (χ0) is 10.7. The molecule has 0 bridgehead atoms. The summed E-state index contributed by atoms with van der Waals surface area (Å²) in [4.78, 5) is 16.9. The van der Waals surface area contributed by atoms with Crippen LogP contribution in [-0.4, -0.2) is 24.1 Å². The Morgan fingerprint density at radius 2 is 2.13 bits per heavy atom. The van der Waals surface area contributed by atoms with Crippen LogP contribution in [0.3, 0.4) is 0 Å². The molecule has 0 saturated carbocycles. The van der Waals surface area contributed by atoms with Gasteiger partial charge in [0.05, 0.1) is 5.56 Å². The van der Waals surface area contributed by atoms with E-state index >= 15 is 0 Å². The van der Waals surface area contributed by atoms with Crippen LogP contribution in [0, 0.1) is 5.92 Å². The van der Waals surface area contributed by atoms with E-state index in [1.165, 1.54) is 0 Å². The molecule has 15 heavy (non-hydrogen) atoms. The Morgan fingerprint density at radius 3 is 2.73 bits per heavy atom. The molecule has 0 N–H and O–H groups in total. The van der Waals surface area contributed by atoms with E-state index in [2.05, 4.69) is 6.92 Å². The quantitative estimate of drug-likeness (QED) is 0.740. The molecule has 0 radical (unpaired) electrons. The van der Waals surface area contributed by atoms with Crippen molar-refractivity contribution in [1.29, 1.82) is 0 Å². The number of nitrogens with zero attached hydrogens (tertiary/aromatic N) is 1. The number of carbonyl (C=O) groups is 1. The van der Waals surface area contributed by atoms with Gasteiger partial charge in [0.15, 0.2) is 0 Å². The summed E-state index contributed by atoms with van der Waals surface area (Å²) in [7, 11) is 0. The summed E-state index contributed by atoms with van der Waals surface area (Å²) < 4.78 is 0. The van der Waals surface area contributed by atoms with Gasteiger partial charge in [-0.15, -0.1) is 5.06 Å². The molecule has 1 aromatic carbocycles. The second-order valence-corrected chi connectivity index (χ2v) is 4.03. The van der Waals surface area contributed by atoms with Crippen molar-refractivity contribution in [1.82, 2.24) is 5.06 Å². The smallest absolute Gasteiger partial charge is 0.357 e. The van der Waals surface area contributed by atoms with Crippen molar-refractivity contribution in [2.45, 2.75) is 13.3 Å². The first-order chi connectivity index (χ1) is 7.25. The molecule has 1 heterocycles. The van der Waals surface area contributed by atoms with Gasteiger partial charge in [-0.25, -0.2) is 4.79 Å². The fourth-order valence-electron chi connectivity index (χ4n) is 1.72. The molecule has 1 aliphatic rings. The van der Waals surface area contributed by atoms with Gasteiger partial charge in [-0.3, -0.25) is 0 Å². The molecule has 0 amide bonds. The van der Waals surface area contributed by atoms with Gasteiger partial charge in [0, 0.05) is 13.1 Å². The van der Waals surface area contributed by atoms with Crippen LogP contribution in [0.1, 0.15) is 23.7 Å². The second kappa shape index (κ2) is 4.45. The van der Waals surface area contributed by atoms with Crippen LogP contribution in [0.2, 0.25) is 0 Å². The highest BCUT2D eigenvalue weighted by Gasteiger charge is 2.22. The highest BCUT2D eigenvalue weighted by molar-refractivity contribution is 5.89. The maximum atomic E-state index is 11.6. The fourth-order valence-corrected chi connectivity index (χ4v) is 1.72. The number of hydroxylamine groups is 2. The lowest BCUT2D eigenvalue weighted by Crippen LogP contribution is -2.24. The summed E-state index contributed by atoms with van der Waals surface area (Å²) in [6.45, 7) is 3.86. The molecular formula is C12H15NO2. The number of hydrogen-bond donors (Lipinski definition) is 0. The van der Waals surface area contributed by atoms with Crippen LogP contribution >= 0.6 is 0 Å². The van der Waals surface area contributed by atoms with Crippen LogP contribution in [0.5, 0.6) is 0 Å². The monoisotopic (exact) mass is 205 g/mol. The highest BCUT2D eigenvalue weighted by Crippen LogP contribution is 2.16. The minimum Gasteiger partial charge on any atom is -0.364 e. The maximum Gasteiger partial charge on any atom is 0.357 e. The first-order valence-electron chi connectivity index (χ1n) is 5.28. The summed E-state index contributed by atoms with van der Waals surface area (Å²) in [5, 5.41) is 1.75. The number of carbonyl (C=O) groups excluding carboxylic acids is 1. The van der Waals surface area contributed by atoms with Gasteiger partial charge < -0.3 is 4.84 Å². The lowest BCUT2D eigenvalue weighted by Gasteiger charge is -2.14. The van der Waals surface area contributed by atoms with Gasteiger partial charge in [-0.2, -0.15) is 0 Å². The van der Waals surface area contributed by atoms with E-state index in [9.17, 15) is 4.79 Å². The average molecular weight is 205 g/mol. The van der Waals surface area contributed by atoms with Crippen molar-refractivity contribution in [3.63, 3.8) is 0 Å². The minimum atomic E-state index is -0.260. The average Bonchev–Trinajstić information content (AvgIpc) is 2.65. The van der Waals surface area contributed by atoms with Gasteiger partial charge in [0.1, 0.15) is 0 Å². The topological polar surface area (TPSA) is 29.5 Å². The van der Waals surface area contributed by atoms with Crippen LogP contribution in [-0.2, 0) is 4.84 Å². The van der Waals surface area contributed by atoms with Crippen LogP contribution in [0.4, 0.5) is 0 Å². The minimum absolute atomic E-state index is 0.260. The standard InChI is InChI=1S/C12H15NO2/c1-10-7-8-13(9-10)15-12(14)11-5-3-2-4-6-11/h2-6,10H,7-9H2,1H3. The van der Waals surface area contributed by atoms with E-state index in [0.717, 1.165) is 19.5 Å². The lowest BCUT2D eigenvalue weighted by atomic mass is 10.2. The van der Waals surface area contributed by atoms with Gasteiger partial charge in [-0.1, -0.05) is 25.1 Å². The summed E-state index contributed by atoms with van der Waals surface area (Å²) >= 11 is 0. The van der Waals surface area contributed by atoms with Crippen molar-refractivity contribution >= 4 is 5.97 Å². The molecule has 1 unspecified atom stereocenters. The highest BCUT2D eigenvalue weighted by atomic mass is 16.7. The molecule has 80 valence electrons. The third kappa shape index (κ3) is 2.57. The van der Waals surface area contributed by atoms with E-state index < -0.39 is 0 Å². The van der Waals surface area contributed by atoms with E-state index in [1.54, 1.807) is 17.2 Å². The Bertz CT molecular complexity index is 337. The Kier molecular flexibility index (Phi) is 3.02. The largest absolute Gasteiger partial charge is 0.364 e. The van der Waals surface area contributed by atoms with Crippen molar-refractivity contribution in [2.24, 2.45) is 5.92 Å². The predicted molar refractivity (Wildman–Crippen MR) is 57.2 cm³/mol. The van der Waals surface area contributed by atoms with E-state index in [4.69, 9.17) is 4.84 Å². The normalized spacial score (nSPS) is 21.5. The molecular weight excluding hydrogens is 190 g/mol. The van der Waals surface area contributed by atoms with Crippen molar-refractivity contribution in [2.75, 3.05) is 13.1 Å². The van der Waals surface area contributed by atoms with E-state index in [-0.39, 0.29) is 5.97 Å². The molecule has 3 heteroatoms. The van der Waals surface area contributed by atoms with Gasteiger partial charge >= 0.3 is 5.97 Å². The maximum absolute atomic E-state index is 11.6. The number of hydrogen-bond acceptors (Lipinski definition) is 3. The first-order valence-corrected chi connectivity index (χ1v) is 5.28. The summed E-state index contributed by atoms with van der Waals surface area (Å²) in [6.07, 6.45) is 1.10. The Balaban J connectivity index is 1.93. The first kappa shape index (κ1) is 10.2. The number of rotatable bonds is 2. The predicted octanol–water partition coefficient (Wildman–Crippen LogP) is 2.10. The van der Waals surface area contributed by atoms with Gasteiger partial charge in [0.2, 0.25) is 0 Å². The molecule has 1 aliphatic heterocycles. The molecule has 0 aliphatic carbocycles. The third-order valence-corrected chi connectivity index (χ3v) is 2.61. The van der Waals surface area contributed by atoms with Crippen molar-refractivity contribution < 1.29 is 9.63 Å². The zero-order valence-electron chi connectivity index (χ0n) is 8.85.